The molecule has 0 amide bonds. The molecular formula is C17H28N4O5S. The van der Waals surface area contributed by atoms with Gasteiger partial charge in [0.15, 0.2) is 4.90 Å². The predicted molar refractivity (Wildman–Crippen MR) is 100 cm³/mol. The zero-order valence-corrected chi connectivity index (χ0v) is 17.1. The van der Waals surface area contributed by atoms with E-state index >= 15 is 0 Å². The molecule has 1 aromatic heterocycles. The molecule has 152 valence electrons. The van der Waals surface area contributed by atoms with Crippen molar-refractivity contribution in [3.8, 4) is 0 Å². The summed E-state index contributed by atoms with van der Waals surface area (Å²) in [5, 5.41) is 0. The normalized spacial score (nSPS) is 26.4. The molecule has 0 aromatic carbocycles. The summed E-state index contributed by atoms with van der Waals surface area (Å²) >= 11 is 0. The third-order valence-corrected chi connectivity index (χ3v) is 7.30. The standard InChI is InChI=1S/C17H28N4O5S/c1-12-9-20(10-13(2)26-12)14-5-7-21(8-6-14)27(24,25)15-11-18(3)17(23)19(4)16(15)22/h11-14H,5-10H2,1-4H3. The molecule has 10 heteroatoms. The van der Waals surface area contributed by atoms with Crippen LogP contribution in [0.4, 0.5) is 0 Å². The topological polar surface area (TPSA) is 93.9 Å². The molecule has 3 rings (SSSR count). The average molecular weight is 401 g/mol. The molecular weight excluding hydrogens is 372 g/mol. The van der Waals surface area contributed by atoms with E-state index in [0.717, 1.165) is 28.4 Å². The average Bonchev–Trinajstić information content (AvgIpc) is 2.62. The first-order valence-electron chi connectivity index (χ1n) is 9.27. The van der Waals surface area contributed by atoms with Gasteiger partial charge in [0, 0.05) is 52.5 Å². The summed E-state index contributed by atoms with van der Waals surface area (Å²) < 4.78 is 35.0. The quantitative estimate of drug-likeness (QED) is 0.669. The minimum absolute atomic E-state index is 0.170. The van der Waals surface area contributed by atoms with Gasteiger partial charge in [-0.3, -0.25) is 14.3 Å². The van der Waals surface area contributed by atoms with Crippen LogP contribution in [-0.2, 0) is 28.9 Å². The Morgan fingerprint density at radius 3 is 2.15 bits per heavy atom. The summed E-state index contributed by atoms with van der Waals surface area (Å²) in [6, 6.07) is 0.313. The Morgan fingerprint density at radius 2 is 1.59 bits per heavy atom. The van der Waals surface area contributed by atoms with Crippen molar-refractivity contribution >= 4 is 10.0 Å². The number of hydrogen-bond donors (Lipinski definition) is 0. The lowest BCUT2D eigenvalue weighted by atomic mass is 10.0. The highest BCUT2D eigenvalue weighted by Crippen LogP contribution is 2.24. The Labute approximate surface area is 159 Å². The second-order valence-corrected chi connectivity index (χ2v) is 9.50. The highest BCUT2D eigenvalue weighted by molar-refractivity contribution is 7.89. The maximum atomic E-state index is 13.0. The molecule has 2 aliphatic rings. The van der Waals surface area contributed by atoms with Gasteiger partial charge in [-0.2, -0.15) is 4.31 Å². The molecule has 0 saturated carbocycles. The zero-order chi connectivity index (χ0) is 19.9. The Kier molecular flexibility index (Phi) is 5.62. The zero-order valence-electron chi connectivity index (χ0n) is 16.3. The van der Waals surface area contributed by atoms with Crippen molar-refractivity contribution in [3.05, 3.63) is 27.0 Å². The Bertz CT molecular complexity index is 904. The van der Waals surface area contributed by atoms with Gasteiger partial charge in [-0.05, 0) is 26.7 Å². The first kappa shape index (κ1) is 20.2. The van der Waals surface area contributed by atoms with Crippen LogP contribution in [0.15, 0.2) is 20.7 Å². The van der Waals surface area contributed by atoms with Gasteiger partial charge in [-0.1, -0.05) is 0 Å². The van der Waals surface area contributed by atoms with Gasteiger partial charge in [0.25, 0.3) is 5.56 Å². The molecule has 0 radical (unpaired) electrons. The molecule has 2 fully saturated rings. The van der Waals surface area contributed by atoms with Crippen molar-refractivity contribution < 1.29 is 13.2 Å². The van der Waals surface area contributed by atoms with Crippen molar-refractivity contribution in [3.63, 3.8) is 0 Å². The molecule has 3 heterocycles. The van der Waals surface area contributed by atoms with Crippen LogP contribution in [0.1, 0.15) is 26.7 Å². The molecule has 0 spiro atoms. The smallest absolute Gasteiger partial charge is 0.330 e. The molecule has 2 atom stereocenters. The number of sulfonamides is 1. The molecule has 27 heavy (non-hydrogen) atoms. The van der Waals surface area contributed by atoms with Crippen LogP contribution in [-0.4, -0.2) is 71.2 Å². The van der Waals surface area contributed by atoms with Gasteiger partial charge in [0.05, 0.1) is 12.2 Å². The van der Waals surface area contributed by atoms with E-state index in [9.17, 15) is 18.0 Å². The van der Waals surface area contributed by atoms with E-state index in [2.05, 4.69) is 18.7 Å². The highest BCUT2D eigenvalue weighted by atomic mass is 32.2. The van der Waals surface area contributed by atoms with Gasteiger partial charge in [-0.25, -0.2) is 13.2 Å². The van der Waals surface area contributed by atoms with Crippen molar-refractivity contribution in [2.45, 2.75) is 49.8 Å². The summed E-state index contributed by atoms with van der Waals surface area (Å²) in [5.41, 5.74) is -1.33. The first-order chi connectivity index (χ1) is 12.6. The van der Waals surface area contributed by atoms with Crippen LogP contribution in [0.2, 0.25) is 0 Å². The van der Waals surface area contributed by atoms with Gasteiger partial charge < -0.3 is 9.30 Å². The van der Waals surface area contributed by atoms with E-state index in [1.807, 2.05) is 0 Å². The molecule has 9 nitrogen and oxygen atoms in total. The Hall–Kier alpha value is -1.49. The second kappa shape index (κ2) is 7.50. The Morgan fingerprint density at radius 1 is 1.04 bits per heavy atom. The SMILES string of the molecule is CC1CN(C2CCN(S(=O)(=O)c3cn(C)c(=O)n(C)c3=O)CC2)CC(C)O1. The summed E-state index contributed by atoms with van der Waals surface area (Å²) in [4.78, 5) is 26.2. The number of hydrogen-bond acceptors (Lipinski definition) is 6. The van der Waals surface area contributed by atoms with Crippen molar-refractivity contribution in [2.24, 2.45) is 14.1 Å². The van der Waals surface area contributed by atoms with Crippen molar-refractivity contribution in [1.29, 1.82) is 0 Å². The third-order valence-electron chi connectivity index (χ3n) is 5.42. The van der Waals surface area contributed by atoms with E-state index in [1.54, 1.807) is 0 Å². The third kappa shape index (κ3) is 3.89. The van der Waals surface area contributed by atoms with Crippen molar-refractivity contribution in [1.82, 2.24) is 18.3 Å². The molecule has 2 aliphatic heterocycles. The molecule has 0 N–H and O–H groups in total. The summed E-state index contributed by atoms with van der Waals surface area (Å²) in [6.45, 7) is 6.53. The number of aryl methyl sites for hydroxylation is 1. The fraction of sp³-hybridized carbons (Fsp3) is 0.765. The maximum Gasteiger partial charge on any atom is 0.330 e. The van der Waals surface area contributed by atoms with Gasteiger partial charge >= 0.3 is 5.69 Å². The summed E-state index contributed by atoms with van der Waals surface area (Å²) in [6.07, 6.45) is 2.89. The van der Waals surface area contributed by atoms with Crippen LogP contribution < -0.4 is 11.2 Å². The lowest BCUT2D eigenvalue weighted by Gasteiger charge is -2.43. The van der Waals surface area contributed by atoms with E-state index in [4.69, 9.17) is 4.74 Å². The second-order valence-electron chi connectivity index (χ2n) is 7.60. The Balaban J connectivity index is 1.76. The fourth-order valence-corrected chi connectivity index (χ4v) is 5.67. The lowest BCUT2D eigenvalue weighted by molar-refractivity contribution is -0.0847. The van der Waals surface area contributed by atoms with E-state index in [0.29, 0.717) is 32.0 Å². The summed E-state index contributed by atoms with van der Waals surface area (Å²) in [7, 11) is -1.21. The number of rotatable bonds is 3. The molecule has 0 aliphatic carbocycles. The number of ether oxygens (including phenoxy) is 1. The molecule has 1 aromatic rings. The maximum absolute atomic E-state index is 13.0. The molecule has 2 saturated heterocycles. The summed E-state index contributed by atoms with van der Waals surface area (Å²) in [5.74, 6) is 0. The predicted octanol–water partition coefficient (Wildman–Crippen LogP) is -0.654. The number of aromatic nitrogens is 2. The number of nitrogens with zero attached hydrogens (tertiary/aromatic N) is 4. The number of morpholine rings is 1. The van der Waals surface area contributed by atoms with Gasteiger partial charge in [0.1, 0.15) is 0 Å². The first-order valence-corrected chi connectivity index (χ1v) is 10.7. The van der Waals surface area contributed by atoms with E-state index < -0.39 is 21.3 Å². The highest BCUT2D eigenvalue weighted by Gasteiger charge is 2.35. The molecule has 0 bridgehead atoms. The van der Waals surface area contributed by atoms with Gasteiger partial charge in [-0.15, -0.1) is 0 Å². The van der Waals surface area contributed by atoms with Crippen LogP contribution in [0.3, 0.4) is 0 Å². The van der Waals surface area contributed by atoms with E-state index in [1.165, 1.54) is 18.4 Å². The van der Waals surface area contributed by atoms with Crippen LogP contribution in [0.5, 0.6) is 0 Å². The minimum atomic E-state index is -3.93. The van der Waals surface area contributed by atoms with Crippen molar-refractivity contribution in [2.75, 3.05) is 26.2 Å². The minimum Gasteiger partial charge on any atom is -0.373 e. The monoisotopic (exact) mass is 400 g/mol. The van der Waals surface area contributed by atoms with E-state index in [-0.39, 0.29) is 17.1 Å². The van der Waals surface area contributed by atoms with Crippen LogP contribution >= 0.6 is 0 Å². The number of piperidine rings is 1. The van der Waals surface area contributed by atoms with Crippen LogP contribution in [0, 0.1) is 0 Å². The fourth-order valence-electron chi connectivity index (χ4n) is 4.05. The molecule has 2 unspecified atom stereocenters. The largest absolute Gasteiger partial charge is 0.373 e. The van der Waals surface area contributed by atoms with Gasteiger partial charge in [0.2, 0.25) is 10.0 Å². The van der Waals surface area contributed by atoms with Crippen LogP contribution in [0.25, 0.3) is 0 Å². The lowest BCUT2D eigenvalue weighted by Crippen LogP contribution is -2.54.